The molecule has 1 aromatic heterocycles. The minimum absolute atomic E-state index is 0.225. The van der Waals surface area contributed by atoms with Gasteiger partial charge in [0, 0.05) is 22.3 Å². The Bertz CT molecular complexity index is 305. The smallest absolute Gasteiger partial charge is 0.249 e. The van der Waals surface area contributed by atoms with Crippen molar-refractivity contribution in [3.63, 3.8) is 0 Å². The number of rotatable bonds is 1. The molecule has 0 unspecified atom stereocenters. The lowest BCUT2D eigenvalue weighted by Gasteiger charge is -1.90. The maximum absolute atomic E-state index is 10.6. The lowest BCUT2D eigenvalue weighted by Crippen LogP contribution is -2.03. The van der Waals surface area contributed by atoms with Crippen LogP contribution < -0.4 is 5.56 Å². The highest BCUT2D eigenvalue weighted by Crippen LogP contribution is 2.09. The van der Waals surface area contributed by atoms with Gasteiger partial charge in [0.15, 0.2) is 6.29 Å². The number of hydrogen-bond acceptors (Lipinski definition) is 2. The summed E-state index contributed by atoms with van der Waals surface area (Å²) in [7, 11) is 0. The quantitative estimate of drug-likeness (QED) is 0.689. The second-order valence-corrected chi connectivity index (χ2v) is 2.57. The van der Waals surface area contributed by atoms with Crippen LogP contribution >= 0.6 is 15.9 Å². The summed E-state index contributed by atoms with van der Waals surface area (Å²) in [6.07, 6.45) is 2.03. The zero-order chi connectivity index (χ0) is 7.56. The molecule has 0 spiro atoms. The van der Waals surface area contributed by atoms with Gasteiger partial charge in [0.25, 0.3) is 0 Å². The van der Waals surface area contributed by atoms with Crippen molar-refractivity contribution in [3.8, 4) is 0 Å². The van der Waals surface area contributed by atoms with E-state index in [0.717, 1.165) is 0 Å². The highest BCUT2D eigenvalue weighted by atomic mass is 79.9. The summed E-state index contributed by atoms with van der Waals surface area (Å²) in [5.41, 5.74) is 0.220. The van der Waals surface area contributed by atoms with Crippen molar-refractivity contribution in [2.24, 2.45) is 0 Å². The standard InChI is InChI=1S/C6H4BrNO2/c7-5-1-6(10)8-2-4(5)3-9/h1-3H,(H,8,10). The summed E-state index contributed by atoms with van der Waals surface area (Å²) < 4.78 is 0.520. The molecule has 0 fully saturated rings. The minimum Gasteiger partial charge on any atom is -0.328 e. The number of carbonyl (C=O) groups excluding carboxylic acids is 1. The monoisotopic (exact) mass is 201 g/mol. The summed E-state index contributed by atoms with van der Waals surface area (Å²) in [5.74, 6) is 0. The number of hydrogen-bond donors (Lipinski definition) is 1. The van der Waals surface area contributed by atoms with Crippen LogP contribution in [-0.2, 0) is 0 Å². The normalized spacial score (nSPS) is 9.30. The minimum atomic E-state index is -0.225. The number of H-pyrrole nitrogens is 1. The summed E-state index contributed by atoms with van der Waals surface area (Å²) in [4.78, 5) is 23.1. The van der Waals surface area contributed by atoms with Gasteiger partial charge < -0.3 is 4.98 Å². The van der Waals surface area contributed by atoms with Gasteiger partial charge in [0.1, 0.15) is 0 Å². The fourth-order valence-corrected chi connectivity index (χ4v) is 0.964. The van der Waals surface area contributed by atoms with Crippen LogP contribution in [0.5, 0.6) is 0 Å². The Morgan fingerprint density at radius 1 is 1.60 bits per heavy atom. The molecule has 0 saturated heterocycles. The Hall–Kier alpha value is -0.900. The van der Waals surface area contributed by atoms with Gasteiger partial charge in [-0.25, -0.2) is 0 Å². The second-order valence-electron chi connectivity index (χ2n) is 1.72. The first-order valence-electron chi connectivity index (χ1n) is 2.57. The molecule has 0 aliphatic heterocycles. The third-order valence-electron chi connectivity index (χ3n) is 1.03. The van der Waals surface area contributed by atoms with Gasteiger partial charge in [0.2, 0.25) is 5.56 Å². The molecule has 0 aliphatic rings. The Morgan fingerprint density at radius 2 is 2.30 bits per heavy atom. The number of nitrogens with one attached hydrogen (secondary N) is 1. The lowest BCUT2D eigenvalue weighted by molar-refractivity contribution is 0.112. The van der Waals surface area contributed by atoms with Gasteiger partial charge in [-0.3, -0.25) is 9.59 Å². The SMILES string of the molecule is O=Cc1c[nH]c(=O)cc1Br. The summed E-state index contributed by atoms with van der Waals surface area (Å²) in [6.45, 7) is 0. The molecule has 1 aromatic rings. The van der Waals surface area contributed by atoms with E-state index in [-0.39, 0.29) is 5.56 Å². The third-order valence-corrected chi connectivity index (χ3v) is 1.72. The molecule has 0 amide bonds. The van der Waals surface area contributed by atoms with Crippen molar-refractivity contribution in [2.75, 3.05) is 0 Å². The van der Waals surface area contributed by atoms with Crippen molar-refractivity contribution in [1.82, 2.24) is 4.98 Å². The largest absolute Gasteiger partial charge is 0.328 e. The molecule has 52 valence electrons. The van der Waals surface area contributed by atoms with Crippen LogP contribution in [0.4, 0.5) is 0 Å². The van der Waals surface area contributed by atoms with Gasteiger partial charge >= 0.3 is 0 Å². The topological polar surface area (TPSA) is 49.9 Å². The number of halogens is 1. The third kappa shape index (κ3) is 1.33. The first-order chi connectivity index (χ1) is 4.74. The molecule has 4 heteroatoms. The molecule has 1 N–H and O–H groups in total. The van der Waals surface area contributed by atoms with Crippen LogP contribution in [0.2, 0.25) is 0 Å². The average molecular weight is 202 g/mol. The highest BCUT2D eigenvalue weighted by Gasteiger charge is 1.96. The van der Waals surface area contributed by atoms with E-state index in [0.29, 0.717) is 16.3 Å². The van der Waals surface area contributed by atoms with Crippen molar-refractivity contribution < 1.29 is 4.79 Å². The first kappa shape index (κ1) is 7.21. The zero-order valence-corrected chi connectivity index (χ0v) is 6.51. The molecule has 0 atom stereocenters. The molecule has 0 aliphatic carbocycles. The van der Waals surface area contributed by atoms with Gasteiger partial charge in [-0.2, -0.15) is 0 Å². The predicted octanol–water partition coefficient (Wildman–Crippen LogP) is 0.950. The van der Waals surface area contributed by atoms with Gasteiger partial charge in [-0.15, -0.1) is 0 Å². The molecular formula is C6H4BrNO2. The summed E-state index contributed by atoms with van der Waals surface area (Å²) in [6, 6.07) is 1.31. The van der Waals surface area contributed by atoms with Crippen molar-refractivity contribution in [2.45, 2.75) is 0 Å². The number of aromatic nitrogens is 1. The average Bonchev–Trinajstić information content (AvgIpc) is 1.88. The van der Waals surface area contributed by atoms with E-state index in [9.17, 15) is 9.59 Å². The molecule has 0 aromatic carbocycles. The van der Waals surface area contributed by atoms with Crippen molar-refractivity contribution in [1.29, 1.82) is 0 Å². The predicted molar refractivity (Wildman–Crippen MR) is 40.2 cm³/mol. The van der Waals surface area contributed by atoms with E-state index in [4.69, 9.17) is 0 Å². The van der Waals surface area contributed by atoms with Gasteiger partial charge in [-0.05, 0) is 15.9 Å². The fourth-order valence-electron chi connectivity index (χ4n) is 0.548. The molecule has 1 heterocycles. The fraction of sp³-hybridized carbons (Fsp3) is 0. The van der Waals surface area contributed by atoms with Crippen LogP contribution in [0.1, 0.15) is 10.4 Å². The van der Waals surface area contributed by atoms with Crippen LogP contribution in [0, 0.1) is 0 Å². The van der Waals surface area contributed by atoms with Gasteiger partial charge in [0.05, 0.1) is 0 Å². The lowest BCUT2D eigenvalue weighted by atomic mass is 10.3. The van der Waals surface area contributed by atoms with Crippen LogP contribution in [0.3, 0.4) is 0 Å². The van der Waals surface area contributed by atoms with E-state index in [1.165, 1.54) is 12.3 Å². The maximum Gasteiger partial charge on any atom is 0.249 e. The summed E-state index contributed by atoms with van der Waals surface area (Å²) in [5, 5.41) is 0. The molecular weight excluding hydrogens is 198 g/mol. The highest BCUT2D eigenvalue weighted by molar-refractivity contribution is 9.10. The Balaban J connectivity index is 3.32. The number of aldehydes is 1. The Kier molecular flexibility index (Phi) is 2.01. The molecule has 10 heavy (non-hydrogen) atoms. The van der Waals surface area contributed by atoms with Crippen molar-refractivity contribution >= 4 is 22.2 Å². The van der Waals surface area contributed by atoms with E-state index in [1.54, 1.807) is 0 Å². The zero-order valence-electron chi connectivity index (χ0n) is 4.93. The van der Waals surface area contributed by atoms with Crippen molar-refractivity contribution in [3.05, 3.63) is 32.7 Å². The molecule has 0 saturated carbocycles. The maximum atomic E-state index is 10.6. The molecule has 0 radical (unpaired) electrons. The van der Waals surface area contributed by atoms with Crippen LogP contribution in [0.25, 0.3) is 0 Å². The molecule has 0 bridgehead atoms. The second kappa shape index (κ2) is 2.79. The molecule has 1 rings (SSSR count). The number of aromatic amines is 1. The van der Waals surface area contributed by atoms with E-state index >= 15 is 0 Å². The number of pyridine rings is 1. The van der Waals surface area contributed by atoms with Crippen LogP contribution in [0.15, 0.2) is 21.5 Å². The Morgan fingerprint density at radius 3 is 2.80 bits per heavy atom. The first-order valence-corrected chi connectivity index (χ1v) is 3.37. The van der Waals surface area contributed by atoms with E-state index in [2.05, 4.69) is 20.9 Å². The summed E-state index contributed by atoms with van der Waals surface area (Å²) >= 11 is 3.06. The van der Waals surface area contributed by atoms with Crippen LogP contribution in [-0.4, -0.2) is 11.3 Å². The Labute approximate surface area is 65.2 Å². The van der Waals surface area contributed by atoms with E-state index in [1.807, 2.05) is 0 Å². The van der Waals surface area contributed by atoms with E-state index < -0.39 is 0 Å². The van der Waals surface area contributed by atoms with Gasteiger partial charge in [-0.1, -0.05) is 0 Å². The molecule has 3 nitrogen and oxygen atoms in total. The number of carbonyl (C=O) groups is 1.